The van der Waals surface area contributed by atoms with Crippen LogP contribution in [0.5, 0.6) is 5.75 Å². The maximum absolute atomic E-state index is 12.0. The second-order valence-corrected chi connectivity index (χ2v) is 7.85. The van der Waals surface area contributed by atoms with Crippen molar-refractivity contribution in [2.75, 3.05) is 6.61 Å². The average molecular weight is 473 g/mol. The van der Waals surface area contributed by atoms with Crippen molar-refractivity contribution < 1.29 is 42.9 Å². The topological polar surface area (TPSA) is 126 Å². The Hall–Kier alpha value is -3.66. The number of carbonyl (C=O) groups is 4. The molecule has 1 amide bonds. The zero-order valence-corrected chi connectivity index (χ0v) is 19.3. The van der Waals surface area contributed by atoms with Gasteiger partial charge in [0.15, 0.2) is 12.2 Å². The Morgan fingerprint density at radius 3 is 2.12 bits per heavy atom. The molecule has 10 heteroatoms. The molecule has 34 heavy (non-hydrogen) atoms. The molecule has 3 rings (SSSR count). The minimum Gasteiger partial charge on any atom is -0.463 e. The van der Waals surface area contributed by atoms with Crippen molar-refractivity contribution in [1.29, 1.82) is 0 Å². The summed E-state index contributed by atoms with van der Waals surface area (Å²) in [4.78, 5) is 47.1. The van der Waals surface area contributed by atoms with Gasteiger partial charge in [0.1, 0.15) is 24.5 Å². The Kier molecular flexibility index (Phi) is 8.06. The fraction of sp³-hybridized carbons (Fsp3) is 0.417. The zero-order valence-electron chi connectivity index (χ0n) is 19.3. The van der Waals surface area contributed by atoms with Gasteiger partial charge in [-0.25, -0.2) is 0 Å². The molecule has 10 nitrogen and oxygen atoms in total. The Morgan fingerprint density at radius 2 is 1.50 bits per heavy atom. The maximum Gasteiger partial charge on any atom is 0.303 e. The maximum atomic E-state index is 12.0. The summed E-state index contributed by atoms with van der Waals surface area (Å²) in [6, 6.07) is 12.0. The Bertz CT molecular complexity index is 1070. The van der Waals surface area contributed by atoms with E-state index in [1.165, 1.54) is 27.7 Å². The number of hydrogen-bond donors (Lipinski definition) is 1. The molecule has 2 aromatic carbocycles. The molecule has 1 N–H and O–H groups in total. The quantitative estimate of drug-likeness (QED) is 0.474. The predicted molar refractivity (Wildman–Crippen MR) is 119 cm³/mol. The first-order chi connectivity index (χ1) is 16.1. The summed E-state index contributed by atoms with van der Waals surface area (Å²) in [5.41, 5.74) is 0. The Balaban J connectivity index is 1.98. The van der Waals surface area contributed by atoms with E-state index in [0.717, 1.165) is 10.8 Å². The number of nitrogens with one attached hydrogen (secondary N) is 1. The van der Waals surface area contributed by atoms with E-state index < -0.39 is 54.5 Å². The van der Waals surface area contributed by atoms with Gasteiger partial charge in [0.25, 0.3) is 0 Å². The van der Waals surface area contributed by atoms with Gasteiger partial charge in [-0.1, -0.05) is 30.3 Å². The van der Waals surface area contributed by atoms with E-state index in [2.05, 4.69) is 5.32 Å². The number of benzene rings is 2. The molecule has 1 saturated heterocycles. The van der Waals surface area contributed by atoms with E-state index >= 15 is 0 Å². The molecule has 0 saturated carbocycles. The summed E-state index contributed by atoms with van der Waals surface area (Å²) >= 11 is 0. The van der Waals surface area contributed by atoms with Gasteiger partial charge in [0.05, 0.1) is 0 Å². The van der Waals surface area contributed by atoms with Crippen molar-refractivity contribution in [2.45, 2.75) is 58.3 Å². The first-order valence-electron chi connectivity index (χ1n) is 10.7. The minimum atomic E-state index is -1.18. The fourth-order valence-corrected chi connectivity index (χ4v) is 3.77. The van der Waals surface area contributed by atoms with Crippen LogP contribution >= 0.6 is 0 Å². The predicted octanol–water partition coefficient (Wildman–Crippen LogP) is 1.87. The van der Waals surface area contributed by atoms with E-state index in [1.807, 2.05) is 30.3 Å². The SMILES string of the molecule is CC(=O)NC1C(Oc2ccc3ccccc3c2)OC(COC(C)=O)C(OC(C)=O)C1OC(C)=O. The first kappa shape index (κ1) is 25.0. The highest BCUT2D eigenvalue weighted by atomic mass is 16.7. The van der Waals surface area contributed by atoms with E-state index in [4.69, 9.17) is 23.7 Å². The lowest BCUT2D eigenvalue weighted by atomic mass is 9.96. The molecule has 0 bridgehead atoms. The van der Waals surface area contributed by atoms with Crippen LogP contribution in [0.3, 0.4) is 0 Å². The number of fused-ring (bicyclic) bond motifs is 1. The molecular formula is C24H27NO9. The minimum absolute atomic E-state index is 0.296. The lowest BCUT2D eigenvalue weighted by Gasteiger charge is -2.44. The van der Waals surface area contributed by atoms with Crippen LogP contribution < -0.4 is 10.1 Å². The molecule has 1 aliphatic heterocycles. The van der Waals surface area contributed by atoms with E-state index in [9.17, 15) is 19.2 Å². The van der Waals surface area contributed by atoms with Crippen LogP contribution in [-0.2, 0) is 38.1 Å². The average Bonchev–Trinajstić information content (AvgIpc) is 2.75. The van der Waals surface area contributed by atoms with Gasteiger partial charge in [-0.3, -0.25) is 19.2 Å². The summed E-state index contributed by atoms with van der Waals surface area (Å²) in [6.07, 6.45) is -4.55. The number of carbonyl (C=O) groups excluding carboxylic acids is 4. The lowest BCUT2D eigenvalue weighted by molar-refractivity contribution is -0.257. The molecule has 1 aliphatic rings. The number of amides is 1. The van der Waals surface area contributed by atoms with Crippen molar-refractivity contribution in [3.05, 3.63) is 42.5 Å². The van der Waals surface area contributed by atoms with Gasteiger partial charge in [0, 0.05) is 27.7 Å². The molecule has 1 heterocycles. The standard InChI is InChI=1S/C24H27NO9/c1-13(26)25-21-23(32-16(4)29)22(31-15(3)28)20(12-30-14(2)27)34-24(21)33-19-10-9-17-7-5-6-8-18(17)11-19/h5-11,20-24H,12H2,1-4H3,(H,25,26). The van der Waals surface area contributed by atoms with E-state index in [1.54, 1.807) is 12.1 Å². The Labute approximate surface area is 196 Å². The second-order valence-electron chi connectivity index (χ2n) is 7.85. The van der Waals surface area contributed by atoms with Crippen LogP contribution in [0.15, 0.2) is 42.5 Å². The monoisotopic (exact) mass is 473 g/mol. The number of rotatable bonds is 7. The van der Waals surface area contributed by atoms with Gasteiger partial charge in [-0.15, -0.1) is 0 Å². The van der Waals surface area contributed by atoms with E-state index in [-0.39, 0.29) is 6.61 Å². The van der Waals surface area contributed by atoms with Crippen LogP contribution in [0.25, 0.3) is 10.8 Å². The molecule has 0 radical (unpaired) electrons. The van der Waals surface area contributed by atoms with Crippen LogP contribution in [-0.4, -0.2) is 61.1 Å². The lowest BCUT2D eigenvalue weighted by Crippen LogP contribution is -2.67. The molecule has 2 aromatic rings. The van der Waals surface area contributed by atoms with Gasteiger partial charge in [0.2, 0.25) is 12.2 Å². The number of hydrogen-bond acceptors (Lipinski definition) is 9. The number of ether oxygens (including phenoxy) is 5. The number of esters is 3. The normalized spacial score (nSPS) is 24.1. The van der Waals surface area contributed by atoms with Crippen LogP contribution in [0, 0.1) is 0 Å². The third-order valence-electron chi connectivity index (χ3n) is 5.04. The largest absolute Gasteiger partial charge is 0.463 e. The fourth-order valence-electron chi connectivity index (χ4n) is 3.77. The smallest absolute Gasteiger partial charge is 0.303 e. The molecule has 0 aromatic heterocycles. The van der Waals surface area contributed by atoms with Crippen molar-refractivity contribution in [3.63, 3.8) is 0 Å². The highest BCUT2D eigenvalue weighted by molar-refractivity contribution is 5.83. The summed E-state index contributed by atoms with van der Waals surface area (Å²) in [7, 11) is 0. The molecule has 0 spiro atoms. The second kappa shape index (κ2) is 11.0. The van der Waals surface area contributed by atoms with Crippen molar-refractivity contribution in [2.24, 2.45) is 0 Å². The van der Waals surface area contributed by atoms with Crippen molar-refractivity contribution in [1.82, 2.24) is 5.32 Å². The highest BCUT2D eigenvalue weighted by Gasteiger charge is 2.51. The molecule has 0 aliphatic carbocycles. The molecule has 5 atom stereocenters. The zero-order chi connectivity index (χ0) is 24.8. The molecule has 1 fully saturated rings. The van der Waals surface area contributed by atoms with Crippen LogP contribution in [0.4, 0.5) is 0 Å². The van der Waals surface area contributed by atoms with Crippen molar-refractivity contribution >= 4 is 34.6 Å². The van der Waals surface area contributed by atoms with E-state index in [0.29, 0.717) is 5.75 Å². The third kappa shape index (κ3) is 6.44. The van der Waals surface area contributed by atoms with Gasteiger partial charge in [-0.05, 0) is 22.9 Å². The van der Waals surface area contributed by atoms with Crippen LogP contribution in [0.1, 0.15) is 27.7 Å². The molecule has 5 unspecified atom stereocenters. The summed E-state index contributed by atoms with van der Waals surface area (Å²) in [5.74, 6) is -1.94. The molecule has 182 valence electrons. The first-order valence-corrected chi connectivity index (χ1v) is 10.7. The third-order valence-corrected chi connectivity index (χ3v) is 5.04. The molecular weight excluding hydrogens is 446 g/mol. The summed E-state index contributed by atoms with van der Waals surface area (Å²) in [5, 5.41) is 4.58. The van der Waals surface area contributed by atoms with Gasteiger partial charge >= 0.3 is 17.9 Å². The summed E-state index contributed by atoms with van der Waals surface area (Å²) < 4.78 is 28.0. The van der Waals surface area contributed by atoms with Crippen LogP contribution in [0.2, 0.25) is 0 Å². The van der Waals surface area contributed by atoms with Gasteiger partial charge in [-0.2, -0.15) is 0 Å². The summed E-state index contributed by atoms with van der Waals surface area (Å²) in [6.45, 7) is 4.57. The van der Waals surface area contributed by atoms with Crippen molar-refractivity contribution in [3.8, 4) is 5.75 Å². The van der Waals surface area contributed by atoms with Gasteiger partial charge < -0.3 is 29.0 Å². The highest BCUT2D eigenvalue weighted by Crippen LogP contribution is 2.30. The Morgan fingerprint density at radius 1 is 0.853 bits per heavy atom.